The Balaban J connectivity index is 2.28. The van der Waals surface area contributed by atoms with Crippen LogP contribution in [0, 0.1) is 10.1 Å². The average molecular weight is 281 g/mol. The molecule has 2 heterocycles. The molecule has 2 rings (SSSR count). The molecule has 1 aromatic rings. The Morgan fingerprint density at radius 1 is 1.40 bits per heavy atom. The lowest BCUT2D eigenvalue weighted by Crippen LogP contribution is -2.61. The minimum absolute atomic E-state index is 0.0218. The molecule has 1 aliphatic heterocycles. The number of aromatic nitrogens is 2. The Kier molecular flexibility index (Phi) is 3.51. The van der Waals surface area contributed by atoms with Crippen LogP contribution in [0.3, 0.4) is 0 Å². The zero-order valence-corrected chi connectivity index (χ0v) is 12.2. The molecule has 1 amide bonds. The molecule has 0 unspecified atom stereocenters. The number of imidazole rings is 1. The summed E-state index contributed by atoms with van der Waals surface area (Å²) in [6.07, 6.45) is 1.43. The first kappa shape index (κ1) is 14.4. The molecule has 8 heteroatoms. The summed E-state index contributed by atoms with van der Waals surface area (Å²) in [4.78, 5) is 30.2. The first-order chi connectivity index (χ1) is 9.25. The highest BCUT2D eigenvalue weighted by Gasteiger charge is 2.41. The maximum atomic E-state index is 12.2. The maximum Gasteiger partial charge on any atom is 0.386 e. The van der Waals surface area contributed by atoms with Crippen LogP contribution in [0.2, 0.25) is 0 Å². The van der Waals surface area contributed by atoms with Crippen LogP contribution < -0.4 is 0 Å². The summed E-state index contributed by atoms with van der Waals surface area (Å²) in [6, 6.07) is 0. The van der Waals surface area contributed by atoms with Gasteiger partial charge in [-0.1, -0.05) is 0 Å². The van der Waals surface area contributed by atoms with E-state index in [2.05, 4.69) is 4.98 Å². The summed E-state index contributed by atoms with van der Waals surface area (Å²) in [7, 11) is 3.49. The van der Waals surface area contributed by atoms with Crippen molar-refractivity contribution in [1.29, 1.82) is 0 Å². The third-order valence-electron chi connectivity index (χ3n) is 3.92. The van der Waals surface area contributed by atoms with Gasteiger partial charge >= 0.3 is 5.82 Å². The fraction of sp³-hybridized carbons (Fsp3) is 0.667. The van der Waals surface area contributed by atoms with E-state index in [4.69, 9.17) is 0 Å². The molecule has 20 heavy (non-hydrogen) atoms. The van der Waals surface area contributed by atoms with Crippen molar-refractivity contribution < 1.29 is 9.72 Å². The molecule has 1 aliphatic rings. The first-order valence-electron chi connectivity index (χ1n) is 6.40. The molecule has 1 fully saturated rings. The van der Waals surface area contributed by atoms with Crippen molar-refractivity contribution in [3.05, 3.63) is 22.1 Å². The molecule has 0 aliphatic carbocycles. The third-order valence-corrected chi connectivity index (χ3v) is 3.92. The lowest BCUT2D eigenvalue weighted by atomic mass is 9.97. The molecule has 0 aromatic carbocycles. The van der Waals surface area contributed by atoms with E-state index in [1.165, 1.54) is 6.33 Å². The molecule has 0 saturated carbocycles. The largest absolute Gasteiger partial charge is 0.386 e. The number of hydrogen-bond donors (Lipinski definition) is 0. The van der Waals surface area contributed by atoms with Gasteiger partial charge in [-0.05, 0) is 23.8 Å². The number of hydrogen-bond acceptors (Lipinski definition) is 5. The van der Waals surface area contributed by atoms with Gasteiger partial charge in [0.15, 0.2) is 0 Å². The molecule has 0 atom stereocenters. The van der Waals surface area contributed by atoms with Gasteiger partial charge in [0.05, 0.1) is 5.54 Å². The normalized spacial score (nSPS) is 19.4. The highest BCUT2D eigenvalue weighted by Crippen LogP contribution is 2.26. The van der Waals surface area contributed by atoms with Crippen molar-refractivity contribution in [3.8, 4) is 0 Å². The zero-order valence-electron chi connectivity index (χ0n) is 12.2. The second kappa shape index (κ2) is 4.86. The first-order valence-corrected chi connectivity index (χ1v) is 6.40. The molecule has 0 N–H and O–H groups in total. The molecule has 1 saturated heterocycles. The summed E-state index contributed by atoms with van der Waals surface area (Å²) in [5, 5.41) is 11.0. The molecule has 110 valence electrons. The third kappa shape index (κ3) is 2.26. The van der Waals surface area contributed by atoms with Crippen LogP contribution in [0.4, 0.5) is 5.82 Å². The van der Waals surface area contributed by atoms with E-state index in [0.717, 1.165) is 0 Å². The summed E-state index contributed by atoms with van der Waals surface area (Å²) >= 11 is 0. The standard InChI is InChI=1S/C12H19N5O3/c1-12(2)11(18)14(3)5-6-16(12)7-9-10(17(19)20)13-8-15(9)4/h8H,5-7H2,1-4H3. The molecule has 8 nitrogen and oxygen atoms in total. The molecular formula is C12H19N5O3. The molecule has 1 aromatic heterocycles. The van der Waals surface area contributed by atoms with Gasteiger partial charge in [-0.15, -0.1) is 0 Å². The number of aryl methyl sites for hydroxylation is 1. The van der Waals surface area contributed by atoms with Crippen LogP contribution in [-0.2, 0) is 18.4 Å². The van der Waals surface area contributed by atoms with Crippen molar-refractivity contribution >= 4 is 11.7 Å². The molecular weight excluding hydrogens is 262 g/mol. The average Bonchev–Trinajstić information content (AvgIpc) is 2.72. The monoisotopic (exact) mass is 281 g/mol. The summed E-state index contributed by atoms with van der Waals surface area (Å²) in [5.41, 5.74) is -0.161. The second-order valence-electron chi connectivity index (χ2n) is 5.59. The number of likely N-dealkylation sites (N-methyl/N-ethyl adjacent to an activating group) is 1. The fourth-order valence-electron chi connectivity index (χ4n) is 2.49. The molecule has 0 bridgehead atoms. The van der Waals surface area contributed by atoms with Crippen LogP contribution in [-0.4, -0.2) is 55.9 Å². The van der Waals surface area contributed by atoms with Gasteiger partial charge in [-0.25, -0.2) is 0 Å². The van der Waals surface area contributed by atoms with Crippen molar-refractivity contribution in [2.24, 2.45) is 7.05 Å². The smallest absolute Gasteiger partial charge is 0.358 e. The molecule has 0 radical (unpaired) electrons. The van der Waals surface area contributed by atoms with Gasteiger partial charge < -0.3 is 19.6 Å². The highest BCUT2D eigenvalue weighted by atomic mass is 16.6. The Hall–Kier alpha value is -1.96. The van der Waals surface area contributed by atoms with Crippen LogP contribution in [0.5, 0.6) is 0 Å². The van der Waals surface area contributed by atoms with Crippen molar-refractivity contribution in [2.75, 3.05) is 20.1 Å². The van der Waals surface area contributed by atoms with Gasteiger partial charge in [0.1, 0.15) is 5.69 Å². The van der Waals surface area contributed by atoms with Gasteiger partial charge in [0.2, 0.25) is 12.2 Å². The van der Waals surface area contributed by atoms with Crippen molar-refractivity contribution in [2.45, 2.75) is 25.9 Å². The summed E-state index contributed by atoms with van der Waals surface area (Å²) < 4.78 is 1.64. The van der Waals surface area contributed by atoms with E-state index in [0.29, 0.717) is 25.3 Å². The highest BCUT2D eigenvalue weighted by molar-refractivity contribution is 5.86. The number of nitrogens with zero attached hydrogens (tertiary/aromatic N) is 5. The number of amides is 1. The Morgan fingerprint density at radius 2 is 2.05 bits per heavy atom. The van der Waals surface area contributed by atoms with Gasteiger partial charge in [0, 0.05) is 33.7 Å². The predicted molar refractivity (Wildman–Crippen MR) is 72.0 cm³/mol. The van der Waals surface area contributed by atoms with Crippen LogP contribution >= 0.6 is 0 Å². The quantitative estimate of drug-likeness (QED) is 0.590. The summed E-state index contributed by atoms with van der Waals surface area (Å²) in [6.45, 7) is 5.31. The number of carbonyl (C=O) groups excluding carboxylic acids is 1. The van der Waals surface area contributed by atoms with E-state index in [-0.39, 0.29) is 11.7 Å². The number of nitro groups is 1. The lowest BCUT2D eigenvalue weighted by Gasteiger charge is -2.44. The number of piperazine rings is 1. The van der Waals surface area contributed by atoms with E-state index in [1.807, 2.05) is 18.7 Å². The zero-order chi connectivity index (χ0) is 15.1. The predicted octanol–water partition coefficient (Wildman–Crippen LogP) is 0.381. The Morgan fingerprint density at radius 3 is 2.65 bits per heavy atom. The van der Waals surface area contributed by atoms with E-state index in [1.54, 1.807) is 23.6 Å². The van der Waals surface area contributed by atoms with Gasteiger partial charge in [-0.2, -0.15) is 0 Å². The van der Waals surface area contributed by atoms with Crippen LogP contribution in [0.15, 0.2) is 6.33 Å². The van der Waals surface area contributed by atoms with Crippen LogP contribution in [0.25, 0.3) is 0 Å². The minimum atomic E-state index is -0.675. The minimum Gasteiger partial charge on any atom is -0.358 e. The second-order valence-corrected chi connectivity index (χ2v) is 5.59. The fourth-order valence-corrected chi connectivity index (χ4v) is 2.49. The SMILES string of the molecule is CN1CCN(Cc2c([N+](=O)[O-])ncn2C)C(C)(C)C1=O. The van der Waals surface area contributed by atoms with E-state index < -0.39 is 10.5 Å². The van der Waals surface area contributed by atoms with Crippen molar-refractivity contribution in [3.63, 3.8) is 0 Å². The van der Waals surface area contributed by atoms with Crippen LogP contribution in [0.1, 0.15) is 19.5 Å². The van der Waals surface area contributed by atoms with Gasteiger partial charge in [0.25, 0.3) is 0 Å². The topological polar surface area (TPSA) is 84.5 Å². The Bertz CT molecular complexity index is 551. The number of carbonyl (C=O) groups is 1. The van der Waals surface area contributed by atoms with Gasteiger partial charge in [-0.3, -0.25) is 9.69 Å². The lowest BCUT2D eigenvalue weighted by molar-refractivity contribution is -0.390. The number of rotatable bonds is 3. The Labute approximate surface area is 117 Å². The van der Waals surface area contributed by atoms with Crippen molar-refractivity contribution in [1.82, 2.24) is 19.4 Å². The van der Waals surface area contributed by atoms with E-state index in [9.17, 15) is 14.9 Å². The molecule has 0 spiro atoms. The summed E-state index contributed by atoms with van der Waals surface area (Å²) in [5.74, 6) is -0.122. The maximum absolute atomic E-state index is 12.2. The van der Waals surface area contributed by atoms with E-state index >= 15 is 0 Å².